The van der Waals surface area contributed by atoms with Crippen LogP contribution in [0.3, 0.4) is 0 Å². The second-order valence-corrected chi connectivity index (χ2v) is 7.99. The van der Waals surface area contributed by atoms with E-state index in [4.69, 9.17) is 4.98 Å². The van der Waals surface area contributed by atoms with Crippen molar-refractivity contribution in [3.63, 3.8) is 0 Å². The fraction of sp³-hybridized carbons (Fsp3) is 0.714. The van der Waals surface area contributed by atoms with Crippen LogP contribution in [0.1, 0.15) is 59.9 Å². The number of imidazole rings is 1. The molecule has 0 radical (unpaired) electrons. The molecule has 8 heteroatoms. The number of amides is 1. The number of anilines is 2. The minimum atomic E-state index is 0.0212. The molecule has 160 valence electrons. The first-order valence-corrected chi connectivity index (χ1v) is 11.0. The van der Waals surface area contributed by atoms with Crippen LogP contribution in [0.5, 0.6) is 0 Å². The summed E-state index contributed by atoms with van der Waals surface area (Å²) >= 11 is 0. The summed E-state index contributed by atoms with van der Waals surface area (Å²) in [4.78, 5) is 31.1. The van der Waals surface area contributed by atoms with Gasteiger partial charge >= 0.3 is 0 Å². The second kappa shape index (κ2) is 9.41. The van der Waals surface area contributed by atoms with Crippen molar-refractivity contribution in [3.8, 4) is 0 Å². The molecule has 2 aromatic heterocycles. The molecular weight excluding hydrogens is 366 g/mol. The van der Waals surface area contributed by atoms with Gasteiger partial charge in [-0.15, -0.1) is 0 Å². The Labute approximate surface area is 173 Å². The van der Waals surface area contributed by atoms with Gasteiger partial charge in [0.05, 0.1) is 5.92 Å². The SMILES string of the molecule is CCCNc1ncnc2c1nc(N1CCCC(C(=O)N(CC)CC)C1)n2C(C)C. The molecule has 1 unspecified atom stereocenters. The largest absolute Gasteiger partial charge is 0.368 e. The van der Waals surface area contributed by atoms with E-state index >= 15 is 0 Å². The van der Waals surface area contributed by atoms with Gasteiger partial charge in [-0.25, -0.2) is 15.0 Å². The number of rotatable bonds is 8. The maximum atomic E-state index is 12.9. The Balaban J connectivity index is 1.95. The van der Waals surface area contributed by atoms with Gasteiger partial charge in [-0.05, 0) is 47.0 Å². The predicted molar refractivity (Wildman–Crippen MR) is 117 cm³/mol. The maximum absolute atomic E-state index is 12.9. The lowest BCUT2D eigenvalue weighted by Crippen LogP contribution is -2.45. The van der Waals surface area contributed by atoms with Crippen molar-refractivity contribution >= 4 is 28.8 Å². The first-order chi connectivity index (χ1) is 14.0. The molecule has 2 aromatic rings. The van der Waals surface area contributed by atoms with Gasteiger partial charge in [0.2, 0.25) is 11.9 Å². The molecule has 29 heavy (non-hydrogen) atoms. The van der Waals surface area contributed by atoms with Crippen LogP contribution in [0, 0.1) is 5.92 Å². The second-order valence-electron chi connectivity index (χ2n) is 7.99. The van der Waals surface area contributed by atoms with Crippen molar-refractivity contribution in [2.75, 3.05) is 42.9 Å². The summed E-state index contributed by atoms with van der Waals surface area (Å²) < 4.78 is 2.18. The first kappa shape index (κ1) is 21.3. The fourth-order valence-electron chi connectivity index (χ4n) is 4.12. The molecule has 0 bridgehead atoms. The molecule has 0 saturated carbocycles. The molecule has 1 aliphatic heterocycles. The molecule has 1 N–H and O–H groups in total. The zero-order chi connectivity index (χ0) is 21.0. The van der Waals surface area contributed by atoms with Crippen LogP contribution >= 0.6 is 0 Å². The van der Waals surface area contributed by atoms with E-state index in [-0.39, 0.29) is 17.9 Å². The van der Waals surface area contributed by atoms with E-state index < -0.39 is 0 Å². The number of piperidine rings is 1. The third kappa shape index (κ3) is 4.31. The molecular formula is C21H35N7O. The molecule has 1 atom stereocenters. The minimum Gasteiger partial charge on any atom is -0.368 e. The van der Waals surface area contributed by atoms with Gasteiger partial charge in [0.15, 0.2) is 17.0 Å². The van der Waals surface area contributed by atoms with E-state index in [0.717, 1.165) is 68.4 Å². The average molecular weight is 402 g/mol. The summed E-state index contributed by atoms with van der Waals surface area (Å²) in [6, 6.07) is 0.211. The van der Waals surface area contributed by atoms with Crippen molar-refractivity contribution in [3.05, 3.63) is 6.33 Å². The number of hydrogen-bond acceptors (Lipinski definition) is 6. The van der Waals surface area contributed by atoms with Crippen LogP contribution in [-0.4, -0.2) is 63.0 Å². The van der Waals surface area contributed by atoms with E-state index in [1.165, 1.54) is 0 Å². The predicted octanol–water partition coefficient (Wildman–Crippen LogP) is 3.31. The smallest absolute Gasteiger partial charge is 0.227 e. The molecule has 0 aliphatic carbocycles. The Morgan fingerprint density at radius 3 is 2.69 bits per heavy atom. The summed E-state index contributed by atoms with van der Waals surface area (Å²) in [5.41, 5.74) is 1.66. The first-order valence-electron chi connectivity index (χ1n) is 11.0. The average Bonchev–Trinajstić information content (AvgIpc) is 3.13. The van der Waals surface area contributed by atoms with Crippen molar-refractivity contribution in [2.24, 2.45) is 5.92 Å². The minimum absolute atomic E-state index is 0.0212. The number of aromatic nitrogens is 4. The topological polar surface area (TPSA) is 79.2 Å². The lowest BCUT2D eigenvalue weighted by Gasteiger charge is -2.35. The van der Waals surface area contributed by atoms with Gasteiger partial charge < -0.3 is 15.1 Å². The molecule has 1 aliphatic rings. The summed E-state index contributed by atoms with van der Waals surface area (Å²) in [5.74, 6) is 1.96. The third-order valence-corrected chi connectivity index (χ3v) is 5.65. The highest BCUT2D eigenvalue weighted by Gasteiger charge is 2.31. The molecule has 0 spiro atoms. The Hall–Kier alpha value is -2.38. The van der Waals surface area contributed by atoms with Gasteiger partial charge in [-0.2, -0.15) is 0 Å². The normalized spacial score (nSPS) is 17.2. The third-order valence-electron chi connectivity index (χ3n) is 5.65. The van der Waals surface area contributed by atoms with E-state index in [1.807, 2.05) is 18.7 Å². The Bertz CT molecular complexity index is 828. The number of carbonyl (C=O) groups is 1. The molecule has 0 aromatic carbocycles. The van der Waals surface area contributed by atoms with Gasteiger partial charge in [-0.3, -0.25) is 9.36 Å². The number of nitrogens with one attached hydrogen (secondary N) is 1. The molecule has 3 rings (SSSR count). The van der Waals surface area contributed by atoms with Gasteiger partial charge in [0, 0.05) is 38.8 Å². The van der Waals surface area contributed by atoms with Crippen LogP contribution in [-0.2, 0) is 4.79 Å². The van der Waals surface area contributed by atoms with E-state index in [0.29, 0.717) is 6.54 Å². The molecule has 1 saturated heterocycles. The highest BCUT2D eigenvalue weighted by molar-refractivity contribution is 5.86. The molecule has 8 nitrogen and oxygen atoms in total. The van der Waals surface area contributed by atoms with E-state index in [2.05, 4.69) is 45.5 Å². The lowest BCUT2D eigenvalue weighted by atomic mass is 9.96. The fourth-order valence-corrected chi connectivity index (χ4v) is 4.12. The van der Waals surface area contributed by atoms with Crippen LogP contribution in [0.25, 0.3) is 11.2 Å². The highest BCUT2D eigenvalue weighted by Crippen LogP contribution is 2.31. The Morgan fingerprint density at radius 1 is 1.28 bits per heavy atom. The zero-order valence-electron chi connectivity index (χ0n) is 18.5. The number of nitrogens with zero attached hydrogens (tertiary/aromatic N) is 6. The van der Waals surface area contributed by atoms with E-state index in [1.54, 1.807) is 6.33 Å². The van der Waals surface area contributed by atoms with Crippen molar-refractivity contribution in [2.45, 2.75) is 59.9 Å². The lowest BCUT2D eigenvalue weighted by molar-refractivity contribution is -0.135. The number of carbonyl (C=O) groups excluding carboxylic acids is 1. The van der Waals surface area contributed by atoms with Crippen LogP contribution in [0.15, 0.2) is 6.33 Å². The summed E-state index contributed by atoms with van der Waals surface area (Å²) in [6.45, 7) is 14.5. The number of hydrogen-bond donors (Lipinski definition) is 1. The number of fused-ring (bicyclic) bond motifs is 1. The van der Waals surface area contributed by atoms with Crippen LogP contribution < -0.4 is 10.2 Å². The highest BCUT2D eigenvalue weighted by atomic mass is 16.2. The summed E-state index contributed by atoms with van der Waals surface area (Å²) in [5, 5.41) is 3.37. The maximum Gasteiger partial charge on any atom is 0.227 e. The Morgan fingerprint density at radius 2 is 2.03 bits per heavy atom. The van der Waals surface area contributed by atoms with E-state index in [9.17, 15) is 4.79 Å². The quantitative estimate of drug-likeness (QED) is 0.731. The standard InChI is InChI=1S/C21H35N7O/c1-6-11-22-18-17-19(24-14-23-18)28(15(4)5)21(25-17)27-12-9-10-16(13-27)20(29)26(7-2)8-3/h14-16H,6-13H2,1-5H3,(H,22,23,24). The van der Waals surface area contributed by atoms with Gasteiger partial charge in [-0.1, -0.05) is 6.92 Å². The van der Waals surface area contributed by atoms with Crippen molar-refractivity contribution in [1.29, 1.82) is 0 Å². The van der Waals surface area contributed by atoms with Crippen LogP contribution in [0.2, 0.25) is 0 Å². The van der Waals surface area contributed by atoms with Crippen molar-refractivity contribution in [1.82, 2.24) is 24.4 Å². The van der Waals surface area contributed by atoms with Gasteiger partial charge in [0.25, 0.3) is 0 Å². The Kier molecular flexibility index (Phi) is 6.92. The summed E-state index contributed by atoms with van der Waals surface area (Å²) in [6.07, 6.45) is 4.56. The summed E-state index contributed by atoms with van der Waals surface area (Å²) in [7, 11) is 0. The molecule has 1 fully saturated rings. The monoisotopic (exact) mass is 401 g/mol. The van der Waals surface area contributed by atoms with Crippen LogP contribution in [0.4, 0.5) is 11.8 Å². The molecule has 1 amide bonds. The van der Waals surface area contributed by atoms with Gasteiger partial charge in [0.1, 0.15) is 6.33 Å². The van der Waals surface area contributed by atoms with Crippen molar-refractivity contribution < 1.29 is 4.79 Å². The zero-order valence-corrected chi connectivity index (χ0v) is 18.5. The molecule has 3 heterocycles.